The average Bonchev–Trinajstić information content (AvgIpc) is 2.43. The van der Waals surface area contributed by atoms with Crippen LogP contribution in [0.3, 0.4) is 0 Å². The maximum atomic E-state index is 11.0. The van der Waals surface area contributed by atoms with Gasteiger partial charge in [-0.05, 0) is 0 Å². The number of hydrogen-bond acceptors (Lipinski definition) is 4. The Morgan fingerprint density at radius 3 is 3.00 bits per heavy atom. The summed E-state index contributed by atoms with van der Waals surface area (Å²) in [5, 5.41) is 9.89. The molecule has 0 aromatic rings. The molecule has 0 radical (unpaired) electrons. The summed E-state index contributed by atoms with van der Waals surface area (Å²) in [7, 11) is 0. The Kier molecular flexibility index (Phi) is 1.42. The standard InChI is InChI=1S/C6H6N2O3S/c7-3-4(9)8-2(6(10)11)1-12-5(3)8/h1,3,5H,7H2,(H,10,11)/t3?,5-/m0/s1. The number of carbonyl (C=O) groups is 2. The number of carbonyl (C=O) groups excluding carboxylic acids is 1. The molecule has 1 amide bonds. The lowest BCUT2D eigenvalue weighted by Crippen LogP contribution is -2.65. The molecule has 0 aromatic heterocycles. The topological polar surface area (TPSA) is 83.6 Å². The van der Waals surface area contributed by atoms with Crippen molar-refractivity contribution in [1.29, 1.82) is 0 Å². The van der Waals surface area contributed by atoms with E-state index in [0.29, 0.717) is 0 Å². The molecule has 12 heavy (non-hydrogen) atoms. The molecule has 2 rings (SSSR count). The van der Waals surface area contributed by atoms with Crippen molar-refractivity contribution in [2.24, 2.45) is 5.73 Å². The minimum absolute atomic E-state index is 0.0386. The summed E-state index contributed by atoms with van der Waals surface area (Å²) in [6.45, 7) is 0. The van der Waals surface area contributed by atoms with Crippen LogP contribution in [-0.2, 0) is 9.59 Å². The molecule has 2 atom stereocenters. The van der Waals surface area contributed by atoms with Gasteiger partial charge in [-0.15, -0.1) is 11.8 Å². The molecule has 1 saturated heterocycles. The maximum absolute atomic E-state index is 11.0. The van der Waals surface area contributed by atoms with Crippen molar-refractivity contribution in [3.8, 4) is 0 Å². The number of fused-ring (bicyclic) bond motifs is 1. The van der Waals surface area contributed by atoms with Gasteiger partial charge in [0.25, 0.3) is 0 Å². The Bertz CT molecular complexity index is 301. The first-order valence-electron chi connectivity index (χ1n) is 3.30. The van der Waals surface area contributed by atoms with Crippen LogP contribution in [0.2, 0.25) is 0 Å². The second-order valence-electron chi connectivity index (χ2n) is 2.57. The number of β-lactam (4-membered cyclic amide) rings is 1. The highest BCUT2D eigenvalue weighted by molar-refractivity contribution is 8.03. The first kappa shape index (κ1) is 7.63. The lowest BCUT2D eigenvalue weighted by Gasteiger charge is -2.39. The van der Waals surface area contributed by atoms with Gasteiger partial charge < -0.3 is 10.8 Å². The molecule has 1 unspecified atom stereocenters. The fourth-order valence-electron chi connectivity index (χ4n) is 1.23. The van der Waals surface area contributed by atoms with E-state index in [2.05, 4.69) is 0 Å². The predicted octanol–water partition coefficient (Wildman–Crippen LogP) is -0.845. The van der Waals surface area contributed by atoms with E-state index in [1.807, 2.05) is 0 Å². The number of hydrogen-bond donors (Lipinski definition) is 2. The van der Waals surface area contributed by atoms with E-state index < -0.39 is 12.0 Å². The summed E-state index contributed by atoms with van der Waals surface area (Å²) in [6, 6.07) is -0.539. The minimum Gasteiger partial charge on any atom is -0.477 e. The van der Waals surface area contributed by atoms with Gasteiger partial charge in [0.2, 0.25) is 5.91 Å². The van der Waals surface area contributed by atoms with Crippen LogP contribution >= 0.6 is 11.8 Å². The van der Waals surface area contributed by atoms with E-state index in [4.69, 9.17) is 10.8 Å². The van der Waals surface area contributed by atoms with Gasteiger partial charge in [0, 0.05) is 5.41 Å². The van der Waals surface area contributed by atoms with Gasteiger partial charge in [0.15, 0.2) is 0 Å². The number of thioether (sulfide) groups is 1. The molecule has 0 bridgehead atoms. The SMILES string of the molecule is NC1C(=O)N2C(C(=O)O)=CS[C@@H]12. The highest BCUT2D eigenvalue weighted by Gasteiger charge is 2.51. The number of aliphatic carboxylic acids is 1. The molecule has 0 aromatic carbocycles. The summed E-state index contributed by atoms with van der Waals surface area (Å²) in [4.78, 5) is 22.8. The second kappa shape index (κ2) is 2.24. The minimum atomic E-state index is -1.08. The molecular weight excluding hydrogens is 180 g/mol. The van der Waals surface area contributed by atoms with Crippen LogP contribution in [0.4, 0.5) is 0 Å². The van der Waals surface area contributed by atoms with Crippen LogP contribution < -0.4 is 5.73 Å². The van der Waals surface area contributed by atoms with Gasteiger partial charge >= 0.3 is 5.97 Å². The number of nitrogens with zero attached hydrogens (tertiary/aromatic N) is 1. The molecule has 64 valence electrons. The van der Waals surface area contributed by atoms with Gasteiger partial charge in [-0.25, -0.2) is 4.79 Å². The molecule has 1 fully saturated rings. The summed E-state index contributed by atoms with van der Waals surface area (Å²) in [5.41, 5.74) is 5.47. The quantitative estimate of drug-likeness (QED) is 0.521. The van der Waals surface area contributed by atoms with Gasteiger partial charge in [0.1, 0.15) is 17.1 Å². The zero-order chi connectivity index (χ0) is 8.88. The van der Waals surface area contributed by atoms with E-state index >= 15 is 0 Å². The normalized spacial score (nSPS) is 32.6. The number of rotatable bonds is 1. The summed E-state index contributed by atoms with van der Waals surface area (Å²) < 4.78 is 0. The molecular formula is C6H6N2O3S. The van der Waals surface area contributed by atoms with Crippen molar-refractivity contribution in [3.05, 3.63) is 11.1 Å². The van der Waals surface area contributed by atoms with Crippen LogP contribution in [-0.4, -0.2) is 33.3 Å². The van der Waals surface area contributed by atoms with Crippen molar-refractivity contribution in [2.75, 3.05) is 0 Å². The zero-order valence-corrected chi connectivity index (χ0v) is 6.75. The van der Waals surface area contributed by atoms with Crippen molar-refractivity contribution < 1.29 is 14.7 Å². The number of amides is 1. The molecule has 0 spiro atoms. The highest BCUT2D eigenvalue weighted by Crippen LogP contribution is 2.39. The largest absolute Gasteiger partial charge is 0.477 e. The van der Waals surface area contributed by atoms with Crippen LogP contribution in [0.5, 0.6) is 0 Å². The summed E-state index contributed by atoms with van der Waals surface area (Å²) in [5.74, 6) is -1.39. The first-order chi connectivity index (χ1) is 5.63. The predicted molar refractivity (Wildman–Crippen MR) is 41.9 cm³/mol. The van der Waals surface area contributed by atoms with Crippen molar-refractivity contribution in [3.63, 3.8) is 0 Å². The number of nitrogens with two attached hydrogens (primary N) is 1. The maximum Gasteiger partial charge on any atom is 0.353 e. The lowest BCUT2D eigenvalue weighted by molar-refractivity contribution is -0.147. The lowest BCUT2D eigenvalue weighted by atomic mass is 10.1. The zero-order valence-electron chi connectivity index (χ0n) is 5.93. The smallest absolute Gasteiger partial charge is 0.353 e. The third-order valence-corrected chi connectivity index (χ3v) is 3.02. The number of carboxylic acids is 1. The van der Waals surface area contributed by atoms with Gasteiger partial charge in [-0.1, -0.05) is 0 Å². The van der Waals surface area contributed by atoms with Gasteiger partial charge in [-0.3, -0.25) is 9.69 Å². The molecule has 0 aliphatic carbocycles. The van der Waals surface area contributed by atoms with Crippen LogP contribution in [0.25, 0.3) is 0 Å². The van der Waals surface area contributed by atoms with Gasteiger partial charge in [-0.2, -0.15) is 0 Å². The Labute approximate surface area is 72.2 Å². The van der Waals surface area contributed by atoms with Crippen LogP contribution in [0.15, 0.2) is 11.1 Å². The van der Waals surface area contributed by atoms with E-state index in [1.165, 1.54) is 22.1 Å². The van der Waals surface area contributed by atoms with Crippen molar-refractivity contribution in [1.82, 2.24) is 4.90 Å². The molecule has 2 heterocycles. The molecule has 5 nitrogen and oxygen atoms in total. The second-order valence-corrected chi connectivity index (χ2v) is 3.56. The molecule has 0 saturated carbocycles. The average molecular weight is 186 g/mol. The summed E-state index contributed by atoms with van der Waals surface area (Å²) >= 11 is 1.28. The van der Waals surface area contributed by atoms with E-state index in [1.54, 1.807) is 0 Å². The van der Waals surface area contributed by atoms with E-state index in [0.717, 1.165) is 0 Å². The van der Waals surface area contributed by atoms with Crippen LogP contribution in [0.1, 0.15) is 0 Å². The molecule has 6 heteroatoms. The van der Waals surface area contributed by atoms with E-state index in [9.17, 15) is 9.59 Å². The third-order valence-electron chi connectivity index (χ3n) is 1.88. The Balaban J connectivity index is 2.23. The van der Waals surface area contributed by atoms with Crippen LogP contribution in [0, 0.1) is 0 Å². The fraction of sp³-hybridized carbons (Fsp3) is 0.333. The molecule has 2 aliphatic heterocycles. The highest BCUT2D eigenvalue weighted by atomic mass is 32.2. The summed E-state index contributed by atoms with van der Waals surface area (Å²) in [6.07, 6.45) is 0. The van der Waals surface area contributed by atoms with Gasteiger partial charge in [0.05, 0.1) is 0 Å². The molecule has 2 aliphatic rings. The number of carboxylic acid groups (broad SMARTS) is 1. The Hall–Kier alpha value is -1.01. The molecule has 3 N–H and O–H groups in total. The fourth-order valence-corrected chi connectivity index (χ4v) is 2.34. The Morgan fingerprint density at radius 1 is 1.75 bits per heavy atom. The van der Waals surface area contributed by atoms with E-state index in [-0.39, 0.29) is 17.0 Å². The monoisotopic (exact) mass is 186 g/mol. The van der Waals surface area contributed by atoms with Crippen molar-refractivity contribution in [2.45, 2.75) is 11.4 Å². The Morgan fingerprint density at radius 2 is 2.42 bits per heavy atom. The van der Waals surface area contributed by atoms with Crippen molar-refractivity contribution >= 4 is 23.6 Å². The third kappa shape index (κ3) is 0.733. The first-order valence-corrected chi connectivity index (χ1v) is 4.25.